The summed E-state index contributed by atoms with van der Waals surface area (Å²) in [6.45, 7) is 7.98. The SMILES string of the molecule is CCSc1ccc(C(=O)N2CCC(c3nc(-c4cc5ccccc5[nH]4)c4c(N)nccn34)CC2)cc1.CSCC(=O)N1CCC(c2nc(-c3cc4ccccc4[nH]3)c3c(N)nccn23)CC1.Nc1nccn2c(C3CCN(C(=O)CCc4cccc(Cl)c4)CC3)nc(-c3cc4ccccc4[nH]3)c12.Nc1nccn2c(C3CCN(C(=O)Cc4cccs4)CC3)nc(-c3cc4ccccc4[nH]3)c12. The number of H-pyrrole nitrogens is 4. The number of carbonyl (C=O) groups is 4. The molecular formula is C103H103ClN24O4S3. The number of likely N-dealkylation sites (tertiary alicyclic amines) is 4. The van der Waals surface area contributed by atoms with Gasteiger partial charge in [0.25, 0.3) is 5.91 Å². The van der Waals surface area contributed by atoms with Crippen molar-refractivity contribution < 1.29 is 19.2 Å². The van der Waals surface area contributed by atoms with Gasteiger partial charge in [-0.25, -0.2) is 39.9 Å². The number of halogens is 1. The number of benzene rings is 6. The minimum Gasteiger partial charge on any atom is -0.382 e. The van der Waals surface area contributed by atoms with Crippen LogP contribution >= 0.6 is 46.5 Å². The number of thiophene rings is 1. The highest BCUT2D eigenvalue weighted by Crippen LogP contribution is 2.42. The van der Waals surface area contributed by atoms with Gasteiger partial charge in [0.05, 0.1) is 34.9 Å². The molecular weight excluding hydrogens is 1770 g/mol. The number of nitrogens with zero attached hydrogens (tertiary/aromatic N) is 16. The van der Waals surface area contributed by atoms with Gasteiger partial charge in [0.1, 0.15) is 91.4 Å². The van der Waals surface area contributed by atoms with E-state index in [0.29, 0.717) is 66.4 Å². The first-order chi connectivity index (χ1) is 66.0. The lowest BCUT2D eigenvalue weighted by Crippen LogP contribution is -2.39. The summed E-state index contributed by atoms with van der Waals surface area (Å²) < 4.78 is 8.31. The van der Waals surface area contributed by atoms with E-state index in [1.54, 1.807) is 59.6 Å². The third-order valence-corrected chi connectivity index (χ3v) is 29.0. The Morgan fingerprint density at radius 2 is 0.770 bits per heavy atom. The number of thioether (sulfide) groups is 2. The summed E-state index contributed by atoms with van der Waals surface area (Å²) in [6, 6.07) is 60.8. The normalized spacial score (nSPS) is 14.9. The van der Waals surface area contributed by atoms with Crippen molar-refractivity contribution in [3.63, 3.8) is 0 Å². The van der Waals surface area contributed by atoms with Gasteiger partial charge in [-0.3, -0.25) is 36.8 Å². The topological polar surface area (TPSA) is 369 Å². The smallest absolute Gasteiger partial charge is 0.253 e. The summed E-state index contributed by atoms with van der Waals surface area (Å²) >= 11 is 11.1. The maximum absolute atomic E-state index is 13.1. The number of hydrogen-bond donors (Lipinski definition) is 8. The number of nitrogen functional groups attached to an aromatic ring is 4. The molecule has 6 aromatic carbocycles. The zero-order chi connectivity index (χ0) is 92.3. The summed E-state index contributed by atoms with van der Waals surface area (Å²) in [5.74, 6) is 9.04. The Morgan fingerprint density at radius 1 is 0.415 bits per heavy atom. The highest BCUT2D eigenvalue weighted by atomic mass is 35.5. The molecule has 13 aromatic heterocycles. The van der Waals surface area contributed by atoms with E-state index >= 15 is 0 Å². The average Bonchev–Trinajstić information content (AvgIpc) is 1.61. The Kier molecular flexibility index (Phi) is 25.7. The van der Waals surface area contributed by atoms with Crippen LogP contribution in [0.2, 0.25) is 5.02 Å². The maximum atomic E-state index is 13.1. The van der Waals surface area contributed by atoms with Crippen LogP contribution in [0.5, 0.6) is 0 Å². The van der Waals surface area contributed by atoms with Crippen LogP contribution in [0.4, 0.5) is 23.3 Å². The molecule has 12 N–H and O–H groups in total. The molecule has 0 unspecified atom stereocenters. The number of nitrogens with two attached hydrogens (primary N) is 4. The molecule has 0 atom stereocenters. The summed E-state index contributed by atoms with van der Waals surface area (Å²) in [5, 5.41) is 7.25. The summed E-state index contributed by atoms with van der Waals surface area (Å²) in [6.07, 6.45) is 25.2. The molecule has 0 aliphatic carbocycles. The van der Waals surface area contributed by atoms with Gasteiger partial charge in [-0.1, -0.05) is 110 Å². The van der Waals surface area contributed by atoms with E-state index in [9.17, 15) is 19.2 Å². The van der Waals surface area contributed by atoms with Gasteiger partial charge < -0.3 is 62.5 Å². The molecule has 19 aromatic rings. The fourth-order valence-corrected chi connectivity index (χ4v) is 21.6. The number of nitrogens with one attached hydrogen (secondary N) is 4. The van der Waals surface area contributed by atoms with Gasteiger partial charge >= 0.3 is 0 Å². The van der Waals surface area contributed by atoms with Crippen molar-refractivity contribution in [1.82, 2.24) is 97.0 Å². The Morgan fingerprint density at radius 3 is 1.11 bits per heavy atom. The Balaban J connectivity index is 0.000000112. The third kappa shape index (κ3) is 18.5. The van der Waals surface area contributed by atoms with Gasteiger partial charge in [-0.2, -0.15) is 11.8 Å². The molecule has 32 heteroatoms. The largest absolute Gasteiger partial charge is 0.382 e. The number of para-hydroxylation sites is 4. The van der Waals surface area contributed by atoms with E-state index in [1.807, 2.05) is 165 Å². The summed E-state index contributed by atoms with van der Waals surface area (Å²) in [7, 11) is 0. The quantitative estimate of drug-likeness (QED) is 0.0370. The van der Waals surface area contributed by atoms with Gasteiger partial charge in [-0.05, 0) is 172 Å². The molecule has 4 aliphatic heterocycles. The van der Waals surface area contributed by atoms with Crippen molar-refractivity contribution in [2.75, 3.05) is 93.1 Å². The number of aromatic nitrogens is 16. The molecule has 0 saturated carbocycles. The number of aryl methyl sites for hydroxylation is 1. The molecule has 4 amide bonds. The highest BCUT2D eigenvalue weighted by Gasteiger charge is 2.35. The van der Waals surface area contributed by atoms with E-state index in [1.165, 1.54) is 4.90 Å². The van der Waals surface area contributed by atoms with E-state index < -0.39 is 0 Å². The van der Waals surface area contributed by atoms with E-state index in [-0.39, 0.29) is 47.3 Å². The number of aromatic amines is 4. The molecule has 684 valence electrons. The number of amides is 4. The lowest BCUT2D eigenvalue weighted by Gasteiger charge is -2.31. The van der Waals surface area contributed by atoms with Crippen LogP contribution in [-0.2, 0) is 27.2 Å². The molecule has 4 fully saturated rings. The van der Waals surface area contributed by atoms with Crippen molar-refractivity contribution in [2.45, 2.75) is 106 Å². The predicted molar refractivity (Wildman–Crippen MR) is 541 cm³/mol. The third-order valence-electron chi connectivity index (χ3n) is 26.5. The maximum Gasteiger partial charge on any atom is 0.253 e. The summed E-state index contributed by atoms with van der Waals surface area (Å²) in [5.41, 5.74) is 41.7. The van der Waals surface area contributed by atoms with Crippen LogP contribution in [0.15, 0.2) is 242 Å². The summed E-state index contributed by atoms with van der Waals surface area (Å²) in [4.78, 5) is 113. The number of piperidine rings is 4. The molecule has 135 heavy (non-hydrogen) atoms. The molecule has 17 heterocycles. The van der Waals surface area contributed by atoms with Gasteiger partial charge in [0.2, 0.25) is 17.7 Å². The zero-order valence-electron chi connectivity index (χ0n) is 74.9. The van der Waals surface area contributed by atoms with Crippen LogP contribution in [0.3, 0.4) is 0 Å². The first-order valence-corrected chi connectivity index (χ1v) is 49.6. The van der Waals surface area contributed by atoms with E-state index in [0.717, 1.165) is 247 Å². The van der Waals surface area contributed by atoms with Crippen LogP contribution in [0.25, 0.3) is 111 Å². The number of imidazole rings is 4. The molecule has 4 saturated heterocycles. The van der Waals surface area contributed by atoms with Gasteiger partial charge in [0.15, 0.2) is 0 Å². The van der Waals surface area contributed by atoms with Gasteiger partial charge in [-0.15, -0.1) is 23.1 Å². The monoisotopic (exact) mass is 1870 g/mol. The number of carbonyl (C=O) groups excluding carboxylic acids is 4. The van der Waals surface area contributed by atoms with E-state index in [4.69, 9.17) is 54.5 Å². The molecule has 0 radical (unpaired) electrons. The van der Waals surface area contributed by atoms with Crippen LogP contribution in [-0.4, -0.2) is 191 Å². The van der Waals surface area contributed by atoms with Crippen LogP contribution < -0.4 is 22.9 Å². The van der Waals surface area contributed by atoms with E-state index in [2.05, 4.69) is 137 Å². The van der Waals surface area contributed by atoms with Crippen molar-refractivity contribution in [2.24, 2.45) is 0 Å². The Bertz CT molecular complexity index is 7410. The minimum absolute atomic E-state index is 0.0988. The van der Waals surface area contributed by atoms with Crippen molar-refractivity contribution in [3.8, 4) is 45.6 Å². The molecule has 0 bridgehead atoms. The number of rotatable bonds is 18. The Hall–Kier alpha value is -14.3. The molecule has 28 nitrogen and oxygen atoms in total. The lowest BCUT2D eigenvalue weighted by molar-refractivity contribution is -0.132. The first kappa shape index (κ1) is 88.6. The second-order valence-corrected chi connectivity index (χ2v) is 38.5. The second-order valence-electron chi connectivity index (χ2n) is 34.8. The lowest BCUT2D eigenvalue weighted by atomic mass is 9.95. The van der Waals surface area contributed by atoms with Crippen molar-refractivity contribution >= 4 is 159 Å². The van der Waals surface area contributed by atoms with Crippen LogP contribution in [0.1, 0.15) is 132 Å². The average molecular weight is 1870 g/mol. The second kappa shape index (κ2) is 39.1. The minimum atomic E-state index is 0.0988. The number of fused-ring (bicyclic) bond motifs is 8. The fourth-order valence-electron chi connectivity index (χ4n) is 19.6. The van der Waals surface area contributed by atoms with Crippen molar-refractivity contribution in [1.29, 1.82) is 0 Å². The predicted octanol–water partition coefficient (Wildman–Crippen LogP) is 19.0. The fraction of sp³-hybridized carbons (Fsp3) is 0.262. The number of hydrogen-bond acceptors (Lipinski definition) is 19. The standard InChI is InChI=1S/C28H27ClN6O.C28H28N6OS.C25H24N6OS.C22H24N6OS/c29-21-6-3-4-18(16-21)8-9-24(36)34-13-10-19(11-14-34)28-33-25(26-27(30)31-12-15-35(26)28)23-17-20-5-1-2-7-22(20)32-23;1-2-36-21-9-7-19(8-10-21)28(35)33-14-11-18(12-15-33)27-32-24(25-26(29)30-13-16-34(25)27)23-17-20-5-3-4-6-22(20)31-23;26-24-23-22(20-14-17-4-1-2-6-19(17)28-20)29-25(31(23)12-9-27-24)16-7-10-30(11-8-16)21(32)15-18-5-3-13-33-18;1-30-13-18(29)27-9-6-14(7-10-27)22-26-19(20-21(23)24-8-11-28(20)22)17-12-15-4-2-3-5-16(15)25-17/h1-7,12,15-17,19,32H,8-11,13-14H2,(H2,30,31);3-10,13,16-18,31H,2,11-12,14-15H2,1H3,(H2,29,30);1-6,9,12-14,16,28H,7-8,10-11,15H2,(H2,26,27);2-5,8,11-12,14,25H,6-7,9-10,13H2,1H3,(H2,23,24). The van der Waals surface area contributed by atoms with Crippen molar-refractivity contribution in [3.05, 3.63) is 281 Å². The highest BCUT2D eigenvalue weighted by molar-refractivity contribution is 7.99. The molecule has 23 rings (SSSR count). The van der Waals surface area contributed by atoms with Gasteiger partial charge in [0, 0.05) is 196 Å². The molecule has 0 spiro atoms. The number of anilines is 4. The van der Waals surface area contributed by atoms with Crippen LogP contribution in [0, 0.1) is 0 Å². The Labute approximate surface area is 795 Å². The molecule has 4 aliphatic rings. The zero-order valence-corrected chi connectivity index (χ0v) is 78.1. The first-order valence-electron chi connectivity index (χ1n) is 45.9.